The number of fused-ring (bicyclic) bond motifs is 1. The van der Waals surface area contributed by atoms with E-state index in [0.717, 1.165) is 30.9 Å². The topological polar surface area (TPSA) is 36.4 Å². The van der Waals surface area contributed by atoms with Crippen molar-refractivity contribution in [3.05, 3.63) is 65.0 Å². The van der Waals surface area contributed by atoms with Gasteiger partial charge in [-0.05, 0) is 61.9 Å². The zero-order valence-electron chi connectivity index (χ0n) is 17.2. The molecule has 0 spiro atoms. The van der Waals surface area contributed by atoms with E-state index in [1.165, 1.54) is 23.3 Å². The van der Waals surface area contributed by atoms with Gasteiger partial charge in [-0.1, -0.05) is 19.1 Å². The minimum Gasteiger partial charge on any atom is -0.336 e. The minimum atomic E-state index is -0.358. The zero-order valence-corrected chi connectivity index (χ0v) is 17.2. The number of hydrogen-bond acceptors (Lipinski definition) is 3. The smallest absolute Gasteiger partial charge is 0.254 e. The quantitative estimate of drug-likeness (QED) is 0.662. The molecule has 1 aromatic heterocycles. The Kier molecular flexibility index (Phi) is 5.33. The van der Waals surface area contributed by atoms with Gasteiger partial charge in [0, 0.05) is 37.1 Å². The summed E-state index contributed by atoms with van der Waals surface area (Å²) in [7, 11) is 0. The Morgan fingerprint density at radius 2 is 1.76 bits per heavy atom. The maximum Gasteiger partial charge on any atom is 0.254 e. The molecule has 1 amide bonds. The first-order chi connectivity index (χ1) is 14.0. The fraction of sp³-hybridized carbons (Fsp3) is 0.333. The molecule has 0 radical (unpaired) electrons. The number of aryl methyl sites for hydroxylation is 2. The highest BCUT2D eigenvalue weighted by Crippen LogP contribution is 2.28. The number of aromatic nitrogens is 1. The van der Waals surface area contributed by atoms with Crippen molar-refractivity contribution in [2.75, 3.05) is 32.7 Å². The third-order valence-corrected chi connectivity index (χ3v) is 5.91. The highest BCUT2D eigenvalue weighted by Gasteiger charge is 2.24. The molecule has 0 unspecified atom stereocenters. The number of benzene rings is 2. The summed E-state index contributed by atoms with van der Waals surface area (Å²) in [6, 6.07) is 12.5. The van der Waals surface area contributed by atoms with Crippen LogP contribution in [-0.2, 0) is 0 Å². The standard InChI is InChI=1S/C24H26FN3O/c1-4-27-9-11-28(12-10-27)24(29)21-15-23(18-6-5-16(2)17(3)13-18)26-22-8-7-19(25)14-20(21)22/h5-8,13-15H,4,9-12H2,1-3H3. The Morgan fingerprint density at radius 3 is 2.45 bits per heavy atom. The summed E-state index contributed by atoms with van der Waals surface area (Å²) in [6.45, 7) is 10.4. The average molecular weight is 391 g/mol. The number of pyridine rings is 1. The van der Waals surface area contributed by atoms with E-state index in [1.807, 2.05) is 17.0 Å². The van der Waals surface area contributed by atoms with Crippen LogP contribution < -0.4 is 0 Å². The molecular formula is C24H26FN3O. The first-order valence-corrected chi connectivity index (χ1v) is 10.2. The molecule has 150 valence electrons. The summed E-state index contributed by atoms with van der Waals surface area (Å²) in [5.41, 5.74) is 5.24. The van der Waals surface area contributed by atoms with Crippen molar-refractivity contribution in [1.82, 2.24) is 14.8 Å². The predicted octanol–water partition coefficient (Wildman–Crippen LogP) is 4.44. The van der Waals surface area contributed by atoms with Crippen LogP contribution in [0.4, 0.5) is 4.39 Å². The van der Waals surface area contributed by atoms with Gasteiger partial charge in [-0.3, -0.25) is 4.79 Å². The molecule has 0 atom stereocenters. The zero-order chi connectivity index (χ0) is 20.5. The molecule has 0 bridgehead atoms. The lowest BCUT2D eigenvalue weighted by atomic mass is 10.00. The number of nitrogens with zero attached hydrogens (tertiary/aromatic N) is 3. The van der Waals surface area contributed by atoms with E-state index in [-0.39, 0.29) is 11.7 Å². The number of halogens is 1. The molecule has 4 nitrogen and oxygen atoms in total. The summed E-state index contributed by atoms with van der Waals surface area (Å²) >= 11 is 0. The molecule has 29 heavy (non-hydrogen) atoms. The molecule has 0 aliphatic carbocycles. The van der Waals surface area contributed by atoms with Crippen molar-refractivity contribution in [2.24, 2.45) is 0 Å². The van der Waals surface area contributed by atoms with Crippen LogP contribution >= 0.6 is 0 Å². The monoisotopic (exact) mass is 391 g/mol. The molecule has 1 aliphatic heterocycles. The van der Waals surface area contributed by atoms with E-state index in [1.54, 1.807) is 6.07 Å². The van der Waals surface area contributed by atoms with E-state index >= 15 is 0 Å². The number of piperazine rings is 1. The minimum absolute atomic E-state index is 0.0520. The van der Waals surface area contributed by atoms with Gasteiger partial charge in [0.2, 0.25) is 0 Å². The van der Waals surface area contributed by atoms with Crippen LogP contribution in [0.3, 0.4) is 0 Å². The van der Waals surface area contributed by atoms with Crippen molar-refractivity contribution in [1.29, 1.82) is 0 Å². The van der Waals surface area contributed by atoms with Gasteiger partial charge in [0.25, 0.3) is 5.91 Å². The van der Waals surface area contributed by atoms with Crippen LogP contribution in [-0.4, -0.2) is 53.4 Å². The Bertz CT molecular complexity index is 1070. The molecule has 1 fully saturated rings. The van der Waals surface area contributed by atoms with Crippen LogP contribution in [0.2, 0.25) is 0 Å². The summed E-state index contributed by atoms with van der Waals surface area (Å²) < 4.78 is 14.0. The van der Waals surface area contributed by atoms with Crippen LogP contribution in [0, 0.1) is 19.7 Å². The van der Waals surface area contributed by atoms with E-state index in [4.69, 9.17) is 4.98 Å². The van der Waals surface area contributed by atoms with Crippen molar-refractivity contribution >= 4 is 16.8 Å². The maximum absolute atomic E-state index is 14.0. The molecule has 2 aromatic carbocycles. The Morgan fingerprint density at radius 1 is 1.00 bits per heavy atom. The highest BCUT2D eigenvalue weighted by molar-refractivity contribution is 6.07. The highest BCUT2D eigenvalue weighted by atomic mass is 19.1. The molecule has 0 N–H and O–H groups in total. The van der Waals surface area contributed by atoms with Crippen molar-refractivity contribution < 1.29 is 9.18 Å². The van der Waals surface area contributed by atoms with Gasteiger partial charge in [0.1, 0.15) is 5.82 Å². The third-order valence-electron chi connectivity index (χ3n) is 5.91. The van der Waals surface area contributed by atoms with Crippen molar-refractivity contribution in [3.63, 3.8) is 0 Å². The first-order valence-electron chi connectivity index (χ1n) is 10.2. The van der Waals surface area contributed by atoms with Crippen LogP contribution in [0.25, 0.3) is 22.2 Å². The number of hydrogen-bond donors (Lipinski definition) is 0. The van der Waals surface area contributed by atoms with Crippen molar-refractivity contribution in [2.45, 2.75) is 20.8 Å². The van der Waals surface area contributed by atoms with Gasteiger partial charge in [-0.25, -0.2) is 9.37 Å². The summed E-state index contributed by atoms with van der Waals surface area (Å²) in [6.07, 6.45) is 0. The van der Waals surface area contributed by atoms with Gasteiger partial charge in [0.15, 0.2) is 0 Å². The van der Waals surface area contributed by atoms with E-state index in [0.29, 0.717) is 29.6 Å². The second-order valence-corrected chi connectivity index (χ2v) is 7.74. The van der Waals surface area contributed by atoms with Crippen LogP contribution in [0.5, 0.6) is 0 Å². The van der Waals surface area contributed by atoms with E-state index in [9.17, 15) is 9.18 Å². The fourth-order valence-corrected chi connectivity index (χ4v) is 3.86. The lowest BCUT2D eigenvalue weighted by Crippen LogP contribution is -2.48. The Balaban J connectivity index is 1.79. The molecule has 4 rings (SSSR count). The molecule has 0 saturated carbocycles. The third kappa shape index (κ3) is 3.87. The second-order valence-electron chi connectivity index (χ2n) is 7.74. The second kappa shape index (κ2) is 7.91. The largest absolute Gasteiger partial charge is 0.336 e. The number of amides is 1. The van der Waals surface area contributed by atoms with Gasteiger partial charge in [-0.2, -0.15) is 0 Å². The summed E-state index contributed by atoms with van der Waals surface area (Å²) in [4.78, 5) is 22.3. The molecule has 1 saturated heterocycles. The van der Waals surface area contributed by atoms with Crippen LogP contribution in [0.1, 0.15) is 28.4 Å². The van der Waals surface area contributed by atoms with Gasteiger partial charge in [0.05, 0.1) is 16.8 Å². The maximum atomic E-state index is 14.0. The first kappa shape index (κ1) is 19.5. The molecule has 1 aliphatic rings. The lowest BCUT2D eigenvalue weighted by Gasteiger charge is -2.34. The van der Waals surface area contributed by atoms with E-state index in [2.05, 4.69) is 37.8 Å². The van der Waals surface area contributed by atoms with Gasteiger partial charge < -0.3 is 9.80 Å². The molecule has 2 heterocycles. The fourth-order valence-electron chi connectivity index (χ4n) is 3.86. The van der Waals surface area contributed by atoms with Gasteiger partial charge >= 0.3 is 0 Å². The lowest BCUT2D eigenvalue weighted by molar-refractivity contribution is 0.0645. The Labute approximate surface area is 171 Å². The SMILES string of the molecule is CCN1CCN(C(=O)c2cc(-c3ccc(C)c(C)c3)nc3ccc(F)cc23)CC1. The van der Waals surface area contributed by atoms with E-state index < -0.39 is 0 Å². The van der Waals surface area contributed by atoms with Crippen LogP contribution in [0.15, 0.2) is 42.5 Å². The molecule has 5 heteroatoms. The Hall–Kier alpha value is -2.79. The summed E-state index contributed by atoms with van der Waals surface area (Å²) in [5.74, 6) is -0.410. The number of carbonyl (C=O) groups excluding carboxylic acids is 1. The number of rotatable bonds is 3. The predicted molar refractivity (Wildman–Crippen MR) is 115 cm³/mol. The summed E-state index contributed by atoms with van der Waals surface area (Å²) in [5, 5.41) is 0.570. The number of likely N-dealkylation sites (N-methyl/N-ethyl adjacent to an activating group) is 1. The molecule has 3 aromatic rings. The number of carbonyl (C=O) groups is 1. The average Bonchev–Trinajstić information content (AvgIpc) is 2.74. The van der Waals surface area contributed by atoms with Gasteiger partial charge in [-0.15, -0.1) is 0 Å². The van der Waals surface area contributed by atoms with Crippen molar-refractivity contribution in [3.8, 4) is 11.3 Å². The normalized spacial score (nSPS) is 15.1. The molecular weight excluding hydrogens is 365 g/mol.